The molecule has 0 spiro atoms. The van der Waals surface area contributed by atoms with Crippen molar-refractivity contribution < 1.29 is 10.0 Å². The van der Waals surface area contributed by atoms with E-state index in [4.69, 9.17) is 28.4 Å². The van der Waals surface area contributed by atoms with Crippen molar-refractivity contribution in [2.75, 3.05) is 0 Å². The minimum absolute atomic E-state index is 0.132. The molecule has 0 radical (unpaired) electrons. The van der Waals surface area contributed by atoms with E-state index >= 15 is 0 Å². The summed E-state index contributed by atoms with van der Waals surface area (Å²) in [5.41, 5.74) is 3.18. The van der Waals surface area contributed by atoms with Gasteiger partial charge in [0.25, 0.3) is 5.91 Å². The number of fused-ring (bicyclic) bond motifs is 1. The number of pyridine rings is 1. The summed E-state index contributed by atoms with van der Waals surface area (Å²) in [7, 11) is 0. The van der Waals surface area contributed by atoms with E-state index in [1.54, 1.807) is 23.7 Å². The summed E-state index contributed by atoms with van der Waals surface area (Å²) in [5, 5.41) is 10.6. The molecule has 0 saturated carbocycles. The molecule has 0 aliphatic heterocycles. The molecular formula is C15H11Cl2N3O2. The number of benzene rings is 1. The first-order valence-corrected chi connectivity index (χ1v) is 7.19. The van der Waals surface area contributed by atoms with Crippen molar-refractivity contribution >= 4 is 40.1 Å². The van der Waals surface area contributed by atoms with Crippen molar-refractivity contribution in [2.45, 2.75) is 6.54 Å². The SMILES string of the molecule is O=C(NO)c1ccc2ccn(Cc3cccc(Cl)c3Cl)c2n1. The van der Waals surface area contributed by atoms with Gasteiger partial charge in [0.2, 0.25) is 0 Å². The van der Waals surface area contributed by atoms with Crippen LogP contribution in [-0.2, 0) is 6.54 Å². The number of hydrogen-bond acceptors (Lipinski definition) is 3. The summed E-state index contributed by atoms with van der Waals surface area (Å²) in [5.74, 6) is -0.657. The van der Waals surface area contributed by atoms with Gasteiger partial charge in [-0.3, -0.25) is 10.0 Å². The monoisotopic (exact) mass is 335 g/mol. The molecule has 0 unspecified atom stereocenters. The average molecular weight is 336 g/mol. The molecule has 2 heterocycles. The van der Waals surface area contributed by atoms with Crippen molar-refractivity contribution in [3.8, 4) is 0 Å². The molecule has 3 rings (SSSR count). The van der Waals surface area contributed by atoms with Crippen LogP contribution < -0.4 is 5.48 Å². The number of nitrogens with one attached hydrogen (secondary N) is 1. The van der Waals surface area contributed by atoms with Gasteiger partial charge in [-0.25, -0.2) is 10.5 Å². The van der Waals surface area contributed by atoms with Gasteiger partial charge in [0.1, 0.15) is 11.3 Å². The minimum atomic E-state index is -0.657. The summed E-state index contributed by atoms with van der Waals surface area (Å²) in [6.07, 6.45) is 1.86. The highest BCUT2D eigenvalue weighted by molar-refractivity contribution is 6.42. The quantitative estimate of drug-likeness (QED) is 0.568. The maximum Gasteiger partial charge on any atom is 0.293 e. The molecule has 5 nitrogen and oxygen atoms in total. The van der Waals surface area contributed by atoms with E-state index in [1.807, 2.05) is 29.0 Å². The highest BCUT2D eigenvalue weighted by Gasteiger charge is 2.11. The lowest BCUT2D eigenvalue weighted by molar-refractivity contribution is 0.0701. The predicted molar refractivity (Wildman–Crippen MR) is 84.5 cm³/mol. The number of carbonyl (C=O) groups is 1. The van der Waals surface area contributed by atoms with E-state index in [9.17, 15) is 4.79 Å². The maximum atomic E-state index is 11.5. The van der Waals surface area contributed by atoms with E-state index in [0.29, 0.717) is 22.2 Å². The van der Waals surface area contributed by atoms with E-state index in [-0.39, 0.29) is 5.69 Å². The Hall–Kier alpha value is -2.08. The topological polar surface area (TPSA) is 67.2 Å². The van der Waals surface area contributed by atoms with Gasteiger partial charge in [0.15, 0.2) is 0 Å². The molecule has 1 aromatic carbocycles. The molecule has 0 atom stereocenters. The Morgan fingerprint density at radius 1 is 1.23 bits per heavy atom. The zero-order valence-corrected chi connectivity index (χ0v) is 12.8. The Morgan fingerprint density at radius 3 is 2.82 bits per heavy atom. The lowest BCUT2D eigenvalue weighted by Gasteiger charge is -2.08. The Labute approximate surface area is 136 Å². The lowest BCUT2D eigenvalue weighted by atomic mass is 10.2. The zero-order valence-electron chi connectivity index (χ0n) is 11.3. The number of hydroxylamine groups is 1. The molecule has 2 aromatic heterocycles. The van der Waals surface area contributed by atoms with Gasteiger partial charge >= 0.3 is 0 Å². The van der Waals surface area contributed by atoms with Gasteiger partial charge in [-0.05, 0) is 29.8 Å². The second kappa shape index (κ2) is 5.96. The zero-order chi connectivity index (χ0) is 15.7. The summed E-state index contributed by atoms with van der Waals surface area (Å²) in [4.78, 5) is 15.7. The van der Waals surface area contributed by atoms with Crippen LogP contribution in [0.2, 0.25) is 10.0 Å². The maximum absolute atomic E-state index is 11.5. The average Bonchev–Trinajstić information content (AvgIpc) is 2.93. The molecule has 1 amide bonds. The van der Waals surface area contributed by atoms with Crippen LogP contribution >= 0.6 is 23.2 Å². The summed E-state index contributed by atoms with van der Waals surface area (Å²) >= 11 is 12.2. The normalized spacial score (nSPS) is 10.9. The third-order valence-corrected chi connectivity index (χ3v) is 4.18. The van der Waals surface area contributed by atoms with Gasteiger partial charge in [-0.15, -0.1) is 0 Å². The van der Waals surface area contributed by atoms with Crippen LogP contribution in [-0.4, -0.2) is 20.7 Å². The van der Waals surface area contributed by atoms with Crippen molar-refractivity contribution in [1.29, 1.82) is 0 Å². The van der Waals surface area contributed by atoms with Crippen molar-refractivity contribution in [2.24, 2.45) is 0 Å². The number of amides is 1. The Balaban J connectivity index is 2.03. The lowest BCUT2D eigenvalue weighted by Crippen LogP contribution is -2.20. The molecule has 0 fully saturated rings. The smallest absolute Gasteiger partial charge is 0.293 e. The molecule has 0 saturated heterocycles. The summed E-state index contributed by atoms with van der Waals surface area (Å²) in [6.45, 7) is 0.472. The highest BCUT2D eigenvalue weighted by atomic mass is 35.5. The number of aromatic nitrogens is 2. The van der Waals surface area contributed by atoms with Gasteiger partial charge < -0.3 is 4.57 Å². The molecule has 2 N–H and O–H groups in total. The molecule has 0 bridgehead atoms. The van der Waals surface area contributed by atoms with E-state index in [0.717, 1.165) is 10.9 Å². The minimum Gasteiger partial charge on any atom is -0.328 e. The van der Waals surface area contributed by atoms with Crippen LogP contribution in [0.25, 0.3) is 11.0 Å². The number of halogens is 2. The van der Waals surface area contributed by atoms with Gasteiger partial charge in [0.05, 0.1) is 16.6 Å². The molecule has 22 heavy (non-hydrogen) atoms. The van der Waals surface area contributed by atoms with E-state index in [2.05, 4.69) is 4.98 Å². The number of rotatable bonds is 3. The fraction of sp³-hybridized carbons (Fsp3) is 0.0667. The first-order chi connectivity index (χ1) is 10.6. The molecule has 3 aromatic rings. The fourth-order valence-electron chi connectivity index (χ4n) is 2.23. The third kappa shape index (κ3) is 2.66. The van der Waals surface area contributed by atoms with Crippen LogP contribution in [0, 0.1) is 0 Å². The molecule has 7 heteroatoms. The highest BCUT2D eigenvalue weighted by Crippen LogP contribution is 2.27. The first kappa shape index (κ1) is 14.8. The van der Waals surface area contributed by atoms with Crippen molar-refractivity contribution in [3.63, 3.8) is 0 Å². The second-order valence-corrected chi connectivity index (χ2v) is 5.49. The van der Waals surface area contributed by atoms with Crippen LogP contribution in [0.5, 0.6) is 0 Å². The van der Waals surface area contributed by atoms with Crippen LogP contribution in [0.15, 0.2) is 42.6 Å². The van der Waals surface area contributed by atoms with Gasteiger partial charge in [0, 0.05) is 11.6 Å². The number of hydrogen-bond donors (Lipinski definition) is 2. The predicted octanol–water partition coefficient (Wildman–Crippen LogP) is 3.51. The summed E-state index contributed by atoms with van der Waals surface area (Å²) < 4.78 is 1.86. The Kier molecular flexibility index (Phi) is 4.02. The molecular weight excluding hydrogens is 325 g/mol. The van der Waals surface area contributed by atoms with Crippen LogP contribution in [0.1, 0.15) is 16.1 Å². The third-order valence-electron chi connectivity index (χ3n) is 3.32. The largest absolute Gasteiger partial charge is 0.328 e. The van der Waals surface area contributed by atoms with Crippen molar-refractivity contribution in [1.82, 2.24) is 15.0 Å². The number of nitrogens with zero attached hydrogens (tertiary/aromatic N) is 2. The Morgan fingerprint density at radius 2 is 2.05 bits per heavy atom. The molecule has 0 aliphatic rings. The summed E-state index contributed by atoms with van der Waals surface area (Å²) in [6, 6.07) is 10.6. The van der Waals surface area contributed by atoms with Crippen molar-refractivity contribution in [3.05, 3.63) is 63.9 Å². The van der Waals surface area contributed by atoms with E-state index < -0.39 is 5.91 Å². The van der Waals surface area contributed by atoms with Gasteiger partial charge in [-0.1, -0.05) is 35.3 Å². The molecule has 0 aliphatic carbocycles. The van der Waals surface area contributed by atoms with E-state index in [1.165, 1.54) is 0 Å². The Bertz CT molecular complexity index is 861. The van der Waals surface area contributed by atoms with Gasteiger partial charge in [-0.2, -0.15) is 0 Å². The van der Waals surface area contributed by atoms with Crippen LogP contribution in [0.4, 0.5) is 0 Å². The fourth-order valence-corrected chi connectivity index (χ4v) is 2.61. The number of carbonyl (C=O) groups excluding carboxylic acids is 1. The first-order valence-electron chi connectivity index (χ1n) is 6.43. The molecule has 112 valence electrons. The van der Waals surface area contributed by atoms with Crippen LogP contribution in [0.3, 0.4) is 0 Å². The standard InChI is InChI=1S/C15H11Cl2N3O2/c16-11-3-1-2-10(13(11)17)8-20-7-6-9-4-5-12(15(21)19-22)18-14(9)20/h1-7,22H,8H2,(H,19,21). The second-order valence-electron chi connectivity index (χ2n) is 4.71.